The van der Waals surface area contributed by atoms with E-state index in [1.54, 1.807) is 25.2 Å². The molecule has 1 aromatic heterocycles. The van der Waals surface area contributed by atoms with Gasteiger partial charge in [0.15, 0.2) is 5.16 Å². The topological polar surface area (TPSA) is 52.0 Å². The lowest BCUT2D eigenvalue weighted by atomic mass is 10.1. The van der Waals surface area contributed by atoms with Crippen LogP contribution >= 0.6 is 11.8 Å². The first-order valence-electron chi connectivity index (χ1n) is 6.59. The number of methoxy groups -OCH3 is 1. The number of nitrogens with zero attached hydrogens (tertiary/aromatic N) is 3. The van der Waals surface area contributed by atoms with E-state index in [0.29, 0.717) is 0 Å². The molecule has 1 heterocycles. The second-order valence-electron chi connectivity index (χ2n) is 4.39. The van der Waals surface area contributed by atoms with Crippen molar-refractivity contribution in [2.75, 3.05) is 19.4 Å². The molecule has 2 rings (SSSR count). The molecule has 0 fully saturated rings. The van der Waals surface area contributed by atoms with E-state index >= 15 is 0 Å². The van der Waals surface area contributed by atoms with Crippen LogP contribution in [0.2, 0.25) is 0 Å². The van der Waals surface area contributed by atoms with E-state index in [2.05, 4.69) is 28.5 Å². The van der Waals surface area contributed by atoms with E-state index in [0.717, 1.165) is 23.2 Å². The van der Waals surface area contributed by atoms with E-state index in [1.807, 2.05) is 29.8 Å². The van der Waals surface area contributed by atoms with E-state index in [-0.39, 0.29) is 6.04 Å². The highest BCUT2D eigenvalue weighted by atomic mass is 32.2. The van der Waals surface area contributed by atoms with Crippen LogP contribution in [0.1, 0.15) is 18.5 Å². The summed E-state index contributed by atoms with van der Waals surface area (Å²) in [4.78, 5) is 0. The summed E-state index contributed by atoms with van der Waals surface area (Å²) in [6.07, 6.45) is 1.72. The number of para-hydroxylation sites is 1. The van der Waals surface area contributed by atoms with Gasteiger partial charge >= 0.3 is 0 Å². The average Bonchev–Trinajstić information content (AvgIpc) is 2.89. The molecule has 2 aromatic rings. The summed E-state index contributed by atoms with van der Waals surface area (Å²) >= 11 is 1.69. The highest BCUT2D eigenvalue weighted by Crippen LogP contribution is 2.29. The van der Waals surface area contributed by atoms with E-state index in [1.165, 1.54) is 5.56 Å². The molecule has 20 heavy (non-hydrogen) atoms. The van der Waals surface area contributed by atoms with Crippen LogP contribution in [0, 0.1) is 0 Å². The maximum Gasteiger partial charge on any atom is 0.190 e. The monoisotopic (exact) mass is 292 g/mol. The van der Waals surface area contributed by atoms with Crippen molar-refractivity contribution in [3.05, 3.63) is 36.2 Å². The number of aryl methyl sites for hydroxylation is 1. The zero-order valence-electron chi connectivity index (χ0n) is 12.0. The van der Waals surface area contributed by atoms with Crippen LogP contribution in [0.4, 0.5) is 0 Å². The van der Waals surface area contributed by atoms with Crippen molar-refractivity contribution in [1.82, 2.24) is 20.1 Å². The predicted molar refractivity (Wildman–Crippen MR) is 81.1 cm³/mol. The molecular formula is C14H20N4OS. The van der Waals surface area contributed by atoms with Gasteiger partial charge in [0.1, 0.15) is 12.1 Å². The summed E-state index contributed by atoms with van der Waals surface area (Å²) in [5, 5.41) is 12.4. The zero-order valence-corrected chi connectivity index (χ0v) is 12.9. The van der Waals surface area contributed by atoms with Crippen LogP contribution in [0.5, 0.6) is 5.75 Å². The van der Waals surface area contributed by atoms with Crippen LogP contribution in [-0.4, -0.2) is 34.2 Å². The SMILES string of the molecule is CCNC(CSc1nncn1C)c1ccccc1OC. The third-order valence-corrected chi connectivity index (χ3v) is 4.14. The van der Waals surface area contributed by atoms with Gasteiger partial charge in [0.25, 0.3) is 0 Å². The number of nitrogens with one attached hydrogen (secondary N) is 1. The Morgan fingerprint density at radius 3 is 2.85 bits per heavy atom. The minimum atomic E-state index is 0.220. The minimum Gasteiger partial charge on any atom is -0.496 e. The predicted octanol–water partition coefficient (Wildman–Crippen LogP) is 2.27. The van der Waals surface area contributed by atoms with Crippen LogP contribution < -0.4 is 10.1 Å². The smallest absolute Gasteiger partial charge is 0.190 e. The van der Waals surface area contributed by atoms with Crippen molar-refractivity contribution in [3.63, 3.8) is 0 Å². The summed E-state index contributed by atoms with van der Waals surface area (Å²) in [6, 6.07) is 8.34. The van der Waals surface area contributed by atoms with Gasteiger partial charge in [-0.1, -0.05) is 36.9 Å². The Kier molecular flexibility index (Phi) is 5.43. The number of ether oxygens (including phenoxy) is 1. The standard InChI is InChI=1S/C14H20N4OS/c1-4-15-12(9-20-14-17-16-10-18(14)2)11-7-5-6-8-13(11)19-3/h5-8,10,12,15H,4,9H2,1-3H3. The second-order valence-corrected chi connectivity index (χ2v) is 5.37. The Labute approximate surface area is 123 Å². The maximum absolute atomic E-state index is 5.45. The maximum atomic E-state index is 5.45. The van der Waals surface area contributed by atoms with Gasteiger partial charge in [-0.25, -0.2) is 0 Å². The molecule has 0 bridgehead atoms. The molecule has 1 aromatic carbocycles. The summed E-state index contributed by atoms with van der Waals surface area (Å²) in [5.74, 6) is 1.79. The van der Waals surface area contributed by atoms with Crippen molar-refractivity contribution in [2.45, 2.75) is 18.1 Å². The van der Waals surface area contributed by atoms with Gasteiger partial charge in [-0.3, -0.25) is 0 Å². The molecule has 0 aliphatic heterocycles. The quantitative estimate of drug-likeness (QED) is 0.793. The van der Waals surface area contributed by atoms with Crippen molar-refractivity contribution < 1.29 is 4.74 Å². The van der Waals surface area contributed by atoms with Crippen molar-refractivity contribution >= 4 is 11.8 Å². The van der Waals surface area contributed by atoms with E-state index in [4.69, 9.17) is 4.74 Å². The normalized spacial score (nSPS) is 12.3. The van der Waals surface area contributed by atoms with Crippen molar-refractivity contribution in [1.29, 1.82) is 0 Å². The third kappa shape index (κ3) is 3.52. The molecule has 0 radical (unpaired) electrons. The van der Waals surface area contributed by atoms with Gasteiger partial charge in [-0.2, -0.15) is 0 Å². The molecule has 0 spiro atoms. The largest absolute Gasteiger partial charge is 0.496 e. The molecule has 1 atom stereocenters. The van der Waals surface area contributed by atoms with Gasteiger partial charge in [-0.15, -0.1) is 10.2 Å². The Morgan fingerprint density at radius 1 is 1.40 bits per heavy atom. The highest BCUT2D eigenvalue weighted by Gasteiger charge is 2.16. The molecule has 0 saturated carbocycles. The van der Waals surface area contributed by atoms with E-state index in [9.17, 15) is 0 Å². The fourth-order valence-corrected chi connectivity index (χ4v) is 2.99. The molecule has 1 N–H and O–H groups in total. The number of hydrogen-bond acceptors (Lipinski definition) is 5. The van der Waals surface area contributed by atoms with Crippen molar-refractivity contribution in [2.24, 2.45) is 7.05 Å². The Bertz CT molecular complexity index is 543. The lowest BCUT2D eigenvalue weighted by Crippen LogP contribution is -2.23. The lowest BCUT2D eigenvalue weighted by Gasteiger charge is -2.20. The number of benzene rings is 1. The van der Waals surface area contributed by atoms with Crippen molar-refractivity contribution in [3.8, 4) is 5.75 Å². The fourth-order valence-electron chi connectivity index (χ4n) is 2.02. The van der Waals surface area contributed by atoms with Crippen LogP contribution in [0.25, 0.3) is 0 Å². The van der Waals surface area contributed by atoms with Crippen LogP contribution in [0.15, 0.2) is 35.7 Å². The number of thioether (sulfide) groups is 1. The van der Waals surface area contributed by atoms with E-state index < -0.39 is 0 Å². The number of hydrogen-bond donors (Lipinski definition) is 1. The first-order valence-corrected chi connectivity index (χ1v) is 7.58. The Balaban J connectivity index is 2.12. The molecular weight excluding hydrogens is 272 g/mol. The number of aromatic nitrogens is 3. The van der Waals surface area contributed by atoms with Gasteiger partial charge in [-0.05, 0) is 12.6 Å². The van der Waals surface area contributed by atoms with Crippen LogP contribution in [0.3, 0.4) is 0 Å². The summed E-state index contributed by atoms with van der Waals surface area (Å²) in [5.41, 5.74) is 1.17. The fraction of sp³-hybridized carbons (Fsp3) is 0.429. The molecule has 1 unspecified atom stereocenters. The van der Waals surface area contributed by atoms with Gasteiger partial charge in [0.05, 0.1) is 7.11 Å². The molecule has 6 heteroatoms. The van der Waals surface area contributed by atoms with Gasteiger partial charge in [0.2, 0.25) is 0 Å². The lowest BCUT2D eigenvalue weighted by molar-refractivity contribution is 0.403. The van der Waals surface area contributed by atoms with Gasteiger partial charge in [0, 0.05) is 24.4 Å². The molecule has 108 valence electrons. The summed E-state index contributed by atoms with van der Waals surface area (Å²) < 4.78 is 7.38. The molecule has 0 aliphatic rings. The Hall–Kier alpha value is -1.53. The van der Waals surface area contributed by atoms with Crippen LogP contribution in [-0.2, 0) is 7.05 Å². The zero-order chi connectivity index (χ0) is 14.4. The molecule has 0 saturated heterocycles. The number of rotatable bonds is 7. The highest BCUT2D eigenvalue weighted by molar-refractivity contribution is 7.99. The summed E-state index contributed by atoms with van der Waals surface area (Å²) in [6.45, 7) is 3.01. The minimum absolute atomic E-state index is 0.220. The Morgan fingerprint density at radius 2 is 2.20 bits per heavy atom. The molecule has 5 nitrogen and oxygen atoms in total. The first-order chi connectivity index (χ1) is 9.76. The molecule has 0 amide bonds. The first kappa shape index (κ1) is 14.9. The second kappa shape index (κ2) is 7.31. The average molecular weight is 292 g/mol. The van der Waals surface area contributed by atoms with Gasteiger partial charge < -0.3 is 14.6 Å². The third-order valence-electron chi connectivity index (χ3n) is 3.01. The molecule has 0 aliphatic carbocycles. The summed E-state index contributed by atoms with van der Waals surface area (Å²) in [7, 11) is 3.66.